The van der Waals surface area contributed by atoms with Crippen molar-refractivity contribution in [1.82, 2.24) is 10.3 Å². The Morgan fingerprint density at radius 1 is 1.31 bits per heavy atom. The van der Waals surface area contributed by atoms with E-state index in [2.05, 4.69) is 14.9 Å². The molecule has 68 valence electrons. The van der Waals surface area contributed by atoms with Crippen LogP contribution in [0, 0.1) is 0 Å². The standard InChI is InChI=1S/C8H10N4O/c9-4-6(10)5-1-2-7-8(3-5)12-13-11-7/h1-3,6H,4,9-10H2. The van der Waals surface area contributed by atoms with Gasteiger partial charge in [-0.1, -0.05) is 6.07 Å². The highest BCUT2D eigenvalue weighted by atomic mass is 16.6. The van der Waals surface area contributed by atoms with Crippen LogP contribution in [0.15, 0.2) is 22.8 Å². The first-order valence-corrected chi connectivity index (χ1v) is 3.99. The summed E-state index contributed by atoms with van der Waals surface area (Å²) in [4.78, 5) is 0. The van der Waals surface area contributed by atoms with Crippen molar-refractivity contribution in [3.05, 3.63) is 23.8 Å². The van der Waals surface area contributed by atoms with E-state index >= 15 is 0 Å². The molecule has 0 aliphatic rings. The van der Waals surface area contributed by atoms with E-state index in [1.54, 1.807) is 0 Å². The molecule has 1 aromatic carbocycles. The van der Waals surface area contributed by atoms with E-state index in [-0.39, 0.29) is 6.04 Å². The van der Waals surface area contributed by atoms with Crippen molar-refractivity contribution >= 4 is 11.0 Å². The minimum absolute atomic E-state index is 0.152. The lowest BCUT2D eigenvalue weighted by Gasteiger charge is -2.07. The number of nitrogens with zero attached hydrogens (tertiary/aromatic N) is 2. The van der Waals surface area contributed by atoms with E-state index in [0.29, 0.717) is 12.1 Å². The van der Waals surface area contributed by atoms with Crippen LogP contribution in [0.25, 0.3) is 11.0 Å². The van der Waals surface area contributed by atoms with Crippen molar-refractivity contribution in [3.63, 3.8) is 0 Å². The molecule has 0 aliphatic heterocycles. The monoisotopic (exact) mass is 178 g/mol. The summed E-state index contributed by atoms with van der Waals surface area (Å²) in [6, 6.07) is 5.38. The third-order valence-electron chi connectivity index (χ3n) is 1.96. The Kier molecular flexibility index (Phi) is 1.96. The molecule has 1 heterocycles. The molecule has 2 rings (SSSR count). The molecule has 0 fully saturated rings. The molecule has 0 aliphatic carbocycles. The average Bonchev–Trinajstić information content (AvgIpc) is 2.63. The fourth-order valence-corrected chi connectivity index (χ4v) is 1.17. The van der Waals surface area contributed by atoms with Gasteiger partial charge in [0.1, 0.15) is 11.0 Å². The largest absolute Gasteiger partial charge is 0.329 e. The van der Waals surface area contributed by atoms with Gasteiger partial charge in [-0.25, -0.2) is 4.63 Å². The minimum atomic E-state index is -0.152. The zero-order valence-corrected chi connectivity index (χ0v) is 6.97. The lowest BCUT2D eigenvalue weighted by molar-refractivity contribution is 0.315. The van der Waals surface area contributed by atoms with Crippen LogP contribution in [0.2, 0.25) is 0 Å². The van der Waals surface area contributed by atoms with E-state index in [9.17, 15) is 0 Å². The zero-order chi connectivity index (χ0) is 9.26. The van der Waals surface area contributed by atoms with E-state index in [4.69, 9.17) is 11.5 Å². The highest BCUT2D eigenvalue weighted by Crippen LogP contribution is 2.15. The Morgan fingerprint density at radius 2 is 2.08 bits per heavy atom. The van der Waals surface area contributed by atoms with Crippen LogP contribution in [0.3, 0.4) is 0 Å². The first kappa shape index (κ1) is 8.15. The quantitative estimate of drug-likeness (QED) is 0.684. The Balaban J connectivity index is 2.48. The minimum Gasteiger partial charge on any atom is -0.329 e. The van der Waals surface area contributed by atoms with Crippen LogP contribution in [0.4, 0.5) is 0 Å². The lowest BCUT2D eigenvalue weighted by Crippen LogP contribution is -2.20. The Labute approximate surface area is 74.7 Å². The number of hydrogen-bond donors (Lipinski definition) is 2. The molecule has 13 heavy (non-hydrogen) atoms. The molecule has 4 N–H and O–H groups in total. The van der Waals surface area contributed by atoms with Crippen LogP contribution in [-0.2, 0) is 0 Å². The molecule has 1 atom stereocenters. The molecule has 0 radical (unpaired) electrons. The molecular formula is C8H10N4O. The summed E-state index contributed by atoms with van der Waals surface area (Å²) in [6.07, 6.45) is 0. The number of hydrogen-bond acceptors (Lipinski definition) is 5. The van der Waals surface area contributed by atoms with Crippen molar-refractivity contribution in [3.8, 4) is 0 Å². The van der Waals surface area contributed by atoms with Crippen LogP contribution >= 0.6 is 0 Å². The predicted octanol–water partition coefficient (Wildman–Crippen LogP) is 0.181. The van der Waals surface area contributed by atoms with Gasteiger partial charge in [0.25, 0.3) is 0 Å². The molecule has 0 spiro atoms. The number of rotatable bonds is 2. The molecule has 0 saturated heterocycles. The summed E-state index contributed by atoms with van der Waals surface area (Å²) in [6.45, 7) is 0.413. The van der Waals surface area contributed by atoms with E-state index in [1.165, 1.54) is 0 Å². The summed E-state index contributed by atoms with van der Waals surface area (Å²) in [5.41, 5.74) is 13.6. The smallest absolute Gasteiger partial charge is 0.135 e. The maximum Gasteiger partial charge on any atom is 0.135 e. The number of aromatic nitrogens is 2. The number of fused-ring (bicyclic) bond motifs is 1. The SMILES string of the molecule is NCC(N)c1ccc2nonc2c1. The molecule has 2 aromatic rings. The fourth-order valence-electron chi connectivity index (χ4n) is 1.17. The fraction of sp³-hybridized carbons (Fsp3) is 0.250. The molecule has 5 nitrogen and oxygen atoms in total. The zero-order valence-electron chi connectivity index (χ0n) is 6.97. The number of benzene rings is 1. The van der Waals surface area contributed by atoms with Gasteiger partial charge in [-0.2, -0.15) is 0 Å². The van der Waals surface area contributed by atoms with Gasteiger partial charge in [0.15, 0.2) is 0 Å². The number of nitrogens with two attached hydrogens (primary N) is 2. The summed E-state index contributed by atoms with van der Waals surface area (Å²) in [5, 5.41) is 7.40. The van der Waals surface area contributed by atoms with Crippen molar-refractivity contribution in [1.29, 1.82) is 0 Å². The third-order valence-corrected chi connectivity index (χ3v) is 1.96. The van der Waals surface area contributed by atoms with Crippen LogP contribution < -0.4 is 11.5 Å². The summed E-state index contributed by atoms with van der Waals surface area (Å²) < 4.78 is 4.56. The van der Waals surface area contributed by atoms with Gasteiger partial charge in [-0.05, 0) is 28.0 Å². The van der Waals surface area contributed by atoms with E-state index in [0.717, 1.165) is 11.1 Å². The van der Waals surface area contributed by atoms with Crippen LogP contribution in [-0.4, -0.2) is 16.9 Å². The van der Waals surface area contributed by atoms with Crippen molar-refractivity contribution < 1.29 is 4.63 Å². The molecule has 5 heteroatoms. The second-order valence-electron chi connectivity index (χ2n) is 2.85. The Hall–Kier alpha value is -1.46. The molecule has 0 bridgehead atoms. The normalized spacial score (nSPS) is 13.4. The molecular weight excluding hydrogens is 168 g/mol. The molecule has 0 saturated carbocycles. The second-order valence-corrected chi connectivity index (χ2v) is 2.85. The van der Waals surface area contributed by atoms with Gasteiger partial charge in [0, 0.05) is 12.6 Å². The molecule has 1 unspecified atom stereocenters. The molecule has 1 aromatic heterocycles. The topological polar surface area (TPSA) is 91.0 Å². The predicted molar refractivity (Wildman–Crippen MR) is 47.8 cm³/mol. The van der Waals surface area contributed by atoms with Crippen molar-refractivity contribution in [2.24, 2.45) is 11.5 Å². The highest BCUT2D eigenvalue weighted by Gasteiger charge is 2.06. The average molecular weight is 178 g/mol. The summed E-state index contributed by atoms with van der Waals surface area (Å²) in [5.74, 6) is 0. The maximum atomic E-state index is 5.75. The summed E-state index contributed by atoms with van der Waals surface area (Å²) >= 11 is 0. The van der Waals surface area contributed by atoms with Gasteiger partial charge in [0.2, 0.25) is 0 Å². The first-order chi connectivity index (χ1) is 6.31. The van der Waals surface area contributed by atoms with Crippen LogP contribution in [0.1, 0.15) is 11.6 Å². The first-order valence-electron chi connectivity index (χ1n) is 3.99. The van der Waals surface area contributed by atoms with Gasteiger partial charge in [0.05, 0.1) is 0 Å². The van der Waals surface area contributed by atoms with E-state index in [1.807, 2.05) is 18.2 Å². The van der Waals surface area contributed by atoms with Gasteiger partial charge in [-0.15, -0.1) is 0 Å². The third kappa shape index (κ3) is 1.39. The second kappa shape index (κ2) is 3.12. The van der Waals surface area contributed by atoms with Crippen molar-refractivity contribution in [2.75, 3.05) is 6.54 Å². The van der Waals surface area contributed by atoms with Gasteiger partial charge in [-0.3, -0.25) is 0 Å². The van der Waals surface area contributed by atoms with Crippen LogP contribution in [0.5, 0.6) is 0 Å². The van der Waals surface area contributed by atoms with Gasteiger partial charge >= 0.3 is 0 Å². The Bertz CT molecular complexity index is 411. The summed E-state index contributed by atoms with van der Waals surface area (Å²) in [7, 11) is 0. The lowest BCUT2D eigenvalue weighted by atomic mass is 10.1. The highest BCUT2D eigenvalue weighted by molar-refractivity contribution is 5.73. The maximum absolute atomic E-state index is 5.75. The van der Waals surface area contributed by atoms with Crippen molar-refractivity contribution in [2.45, 2.75) is 6.04 Å². The van der Waals surface area contributed by atoms with Gasteiger partial charge < -0.3 is 11.5 Å². The Morgan fingerprint density at radius 3 is 2.85 bits per heavy atom. The van der Waals surface area contributed by atoms with E-state index < -0.39 is 0 Å². The molecule has 0 amide bonds.